The molecule has 10 heteroatoms. The van der Waals surface area contributed by atoms with E-state index in [2.05, 4.69) is 0 Å². The van der Waals surface area contributed by atoms with Gasteiger partial charge in [-0.25, -0.2) is 0 Å². The number of carbonyl (C=O) groups excluding carboxylic acids is 4. The van der Waals surface area contributed by atoms with Crippen LogP contribution in [0.15, 0.2) is 0 Å². The minimum Gasteiger partial charge on any atom is -0.466 e. The van der Waals surface area contributed by atoms with Crippen LogP contribution in [-0.4, -0.2) is 99.4 Å². The summed E-state index contributed by atoms with van der Waals surface area (Å²) in [4.78, 5) is 53.3. The summed E-state index contributed by atoms with van der Waals surface area (Å²) in [7, 11) is 0. The Labute approximate surface area is 215 Å². The summed E-state index contributed by atoms with van der Waals surface area (Å²) in [6, 6.07) is 0. The second-order valence-electron chi connectivity index (χ2n) is 9.46. The molecule has 0 spiro atoms. The second kappa shape index (κ2) is 17.3. The number of rotatable bonds is 10. The number of nitrogens with zero attached hydrogens (tertiary/aromatic N) is 2. The van der Waals surface area contributed by atoms with E-state index in [0.717, 1.165) is 0 Å². The summed E-state index contributed by atoms with van der Waals surface area (Å²) in [5.41, 5.74) is 0. The fourth-order valence-electron chi connectivity index (χ4n) is 4.21. The first-order valence-corrected chi connectivity index (χ1v) is 13.2. The van der Waals surface area contributed by atoms with Crippen molar-refractivity contribution in [1.29, 1.82) is 0 Å². The zero-order valence-corrected chi connectivity index (χ0v) is 23.0. The van der Waals surface area contributed by atoms with E-state index in [1.165, 1.54) is 0 Å². The maximum Gasteiger partial charge on any atom is 0.308 e. The lowest BCUT2D eigenvalue weighted by atomic mass is 9.96. The van der Waals surface area contributed by atoms with Gasteiger partial charge in [0.1, 0.15) is 0 Å². The summed E-state index contributed by atoms with van der Waals surface area (Å²) in [5, 5.41) is 0. The van der Waals surface area contributed by atoms with Gasteiger partial charge in [-0.15, -0.1) is 0 Å². The largest absolute Gasteiger partial charge is 0.466 e. The van der Waals surface area contributed by atoms with Crippen molar-refractivity contribution >= 4 is 23.8 Å². The molecule has 1 rings (SSSR count). The molecule has 0 aliphatic carbocycles. The van der Waals surface area contributed by atoms with Crippen LogP contribution in [-0.2, 0) is 38.1 Å². The molecule has 0 unspecified atom stereocenters. The fraction of sp³-hybridized carbons (Fsp3) is 0.846. The van der Waals surface area contributed by atoms with Crippen molar-refractivity contribution in [3.8, 4) is 0 Å². The van der Waals surface area contributed by atoms with Crippen LogP contribution in [0.25, 0.3) is 0 Å². The zero-order valence-electron chi connectivity index (χ0n) is 23.0. The number of amides is 2. The van der Waals surface area contributed by atoms with E-state index in [4.69, 9.17) is 18.9 Å². The number of esters is 2. The van der Waals surface area contributed by atoms with Gasteiger partial charge in [0.25, 0.3) is 0 Å². The molecule has 0 aromatic carbocycles. The highest BCUT2D eigenvalue weighted by Gasteiger charge is 2.27. The third-order valence-electron chi connectivity index (χ3n) is 6.28. The molecule has 0 aromatic heterocycles. The summed E-state index contributed by atoms with van der Waals surface area (Å²) in [6.07, 6.45) is 0.833. The van der Waals surface area contributed by atoms with Crippen LogP contribution in [0.3, 0.4) is 0 Å². The molecular weight excluding hydrogens is 468 g/mol. The van der Waals surface area contributed by atoms with Crippen LogP contribution in [0, 0.1) is 23.7 Å². The first-order valence-electron chi connectivity index (χ1n) is 13.2. The standard InChI is InChI=1S/C26H46N2O8/c1-7-35-25(31)21(5)17-19(3)23(29)27-9-13-33-15-11-28(12-16-34-14-10-27)24(30)20(4)18-22(6)26(32)36-8-2/h19-22H,7-18H2,1-6H3/t19-,20+,21-,22-/m1/s1. The molecule has 1 aliphatic heterocycles. The second-order valence-corrected chi connectivity index (χ2v) is 9.46. The molecule has 36 heavy (non-hydrogen) atoms. The van der Waals surface area contributed by atoms with Gasteiger partial charge in [-0.1, -0.05) is 27.7 Å². The Balaban J connectivity index is 2.60. The van der Waals surface area contributed by atoms with Gasteiger partial charge in [0.15, 0.2) is 0 Å². The van der Waals surface area contributed by atoms with Crippen molar-refractivity contribution in [2.45, 2.75) is 54.4 Å². The SMILES string of the molecule is CCOC(=O)[C@H](C)C[C@@H](C)C(=O)N1CCOCCN(C(=O)[C@@H](C)C[C@@H](C)C(=O)OCC)CCOCC1. The highest BCUT2D eigenvalue weighted by molar-refractivity contribution is 5.80. The van der Waals surface area contributed by atoms with Gasteiger partial charge in [0.05, 0.1) is 51.5 Å². The van der Waals surface area contributed by atoms with E-state index < -0.39 is 0 Å². The predicted molar refractivity (Wildman–Crippen MR) is 134 cm³/mol. The molecular formula is C26H46N2O8. The number of carbonyl (C=O) groups is 4. The molecule has 0 radical (unpaired) electrons. The molecule has 0 saturated carbocycles. The topological polar surface area (TPSA) is 112 Å². The van der Waals surface area contributed by atoms with E-state index in [-0.39, 0.29) is 47.4 Å². The Hall–Kier alpha value is -2.20. The molecule has 1 heterocycles. The predicted octanol–water partition coefficient (Wildman–Crippen LogP) is 2.14. The van der Waals surface area contributed by atoms with Crippen LogP contribution >= 0.6 is 0 Å². The Morgan fingerprint density at radius 3 is 1.19 bits per heavy atom. The zero-order chi connectivity index (χ0) is 27.1. The van der Waals surface area contributed by atoms with E-state index >= 15 is 0 Å². The molecule has 0 aromatic rings. The lowest BCUT2D eigenvalue weighted by Crippen LogP contribution is -2.43. The molecule has 1 fully saturated rings. The fourth-order valence-corrected chi connectivity index (χ4v) is 4.21. The summed E-state index contributed by atoms with van der Waals surface area (Å²) >= 11 is 0. The van der Waals surface area contributed by atoms with Crippen molar-refractivity contribution in [3.63, 3.8) is 0 Å². The highest BCUT2D eigenvalue weighted by atomic mass is 16.5. The number of hydrogen-bond donors (Lipinski definition) is 0. The summed E-state index contributed by atoms with van der Waals surface area (Å²) < 4.78 is 21.6. The lowest BCUT2D eigenvalue weighted by molar-refractivity contribution is -0.149. The Kier molecular flexibility index (Phi) is 15.3. The van der Waals surface area contributed by atoms with E-state index in [0.29, 0.717) is 78.7 Å². The average molecular weight is 515 g/mol. The third-order valence-corrected chi connectivity index (χ3v) is 6.28. The van der Waals surface area contributed by atoms with Crippen LogP contribution in [0.2, 0.25) is 0 Å². The van der Waals surface area contributed by atoms with Gasteiger partial charge < -0.3 is 28.7 Å². The molecule has 1 aliphatic rings. The summed E-state index contributed by atoms with van der Waals surface area (Å²) in [6.45, 7) is 14.3. The van der Waals surface area contributed by atoms with Crippen molar-refractivity contribution in [2.24, 2.45) is 23.7 Å². The minimum atomic E-state index is -0.352. The molecule has 208 valence electrons. The first-order chi connectivity index (χ1) is 17.1. The van der Waals surface area contributed by atoms with Crippen molar-refractivity contribution < 1.29 is 38.1 Å². The molecule has 0 N–H and O–H groups in total. The van der Waals surface area contributed by atoms with E-state index in [9.17, 15) is 19.2 Å². The van der Waals surface area contributed by atoms with Gasteiger partial charge in [-0.05, 0) is 26.7 Å². The summed E-state index contributed by atoms with van der Waals surface area (Å²) in [5.74, 6) is -2.03. The Morgan fingerprint density at radius 1 is 0.611 bits per heavy atom. The normalized spacial score (nSPS) is 19.2. The van der Waals surface area contributed by atoms with Crippen LogP contribution in [0.1, 0.15) is 54.4 Å². The third kappa shape index (κ3) is 11.2. The minimum absolute atomic E-state index is 0.0447. The van der Waals surface area contributed by atoms with Gasteiger partial charge in [0, 0.05) is 38.0 Å². The lowest BCUT2D eigenvalue weighted by Gasteiger charge is -2.29. The number of hydrogen-bond acceptors (Lipinski definition) is 8. The molecule has 10 nitrogen and oxygen atoms in total. The molecule has 4 atom stereocenters. The van der Waals surface area contributed by atoms with Crippen molar-refractivity contribution in [3.05, 3.63) is 0 Å². The van der Waals surface area contributed by atoms with Crippen molar-refractivity contribution in [1.82, 2.24) is 9.80 Å². The van der Waals surface area contributed by atoms with E-state index in [1.54, 1.807) is 37.5 Å². The highest BCUT2D eigenvalue weighted by Crippen LogP contribution is 2.18. The van der Waals surface area contributed by atoms with Gasteiger partial charge >= 0.3 is 11.9 Å². The monoisotopic (exact) mass is 514 g/mol. The maximum atomic E-state index is 13.0. The smallest absolute Gasteiger partial charge is 0.308 e. The van der Waals surface area contributed by atoms with Crippen LogP contribution < -0.4 is 0 Å². The Morgan fingerprint density at radius 2 is 0.917 bits per heavy atom. The van der Waals surface area contributed by atoms with Gasteiger partial charge in [-0.3, -0.25) is 19.2 Å². The van der Waals surface area contributed by atoms with E-state index in [1.807, 2.05) is 13.8 Å². The Bertz CT molecular complexity index is 631. The maximum absolute atomic E-state index is 13.0. The molecule has 1 saturated heterocycles. The van der Waals surface area contributed by atoms with Crippen LogP contribution in [0.4, 0.5) is 0 Å². The van der Waals surface area contributed by atoms with Gasteiger partial charge in [0.2, 0.25) is 11.8 Å². The van der Waals surface area contributed by atoms with Gasteiger partial charge in [-0.2, -0.15) is 0 Å². The first kappa shape index (κ1) is 31.8. The van der Waals surface area contributed by atoms with Crippen LogP contribution in [0.5, 0.6) is 0 Å². The average Bonchev–Trinajstić information content (AvgIpc) is 2.83. The van der Waals surface area contributed by atoms with Crippen molar-refractivity contribution in [2.75, 3.05) is 65.8 Å². The molecule has 2 amide bonds. The number of ether oxygens (including phenoxy) is 4. The quantitative estimate of drug-likeness (QED) is 0.408. The molecule has 0 bridgehead atoms.